The molecule has 8 nitrogen and oxygen atoms in total. The second kappa shape index (κ2) is 13.1. The van der Waals surface area contributed by atoms with E-state index in [2.05, 4.69) is 10.2 Å². The van der Waals surface area contributed by atoms with Gasteiger partial charge < -0.3 is 24.8 Å². The number of amides is 1. The first kappa shape index (κ1) is 28.0. The number of aldehydes is 1. The highest BCUT2D eigenvalue weighted by Gasteiger charge is 2.45. The van der Waals surface area contributed by atoms with Crippen molar-refractivity contribution in [1.82, 2.24) is 10.2 Å². The van der Waals surface area contributed by atoms with Crippen LogP contribution in [0.25, 0.3) is 0 Å². The van der Waals surface area contributed by atoms with Crippen molar-refractivity contribution >= 4 is 40.8 Å². The summed E-state index contributed by atoms with van der Waals surface area (Å²) in [5.41, 5.74) is -1.23. The molecule has 1 fully saturated rings. The summed E-state index contributed by atoms with van der Waals surface area (Å²) in [6.07, 6.45) is 3.67. The van der Waals surface area contributed by atoms with E-state index in [-0.39, 0.29) is 18.6 Å². The van der Waals surface area contributed by atoms with Crippen molar-refractivity contribution in [3.05, 3.63) is 74.6 Å². The first-order valence-electron chi connectivity index (χ1n) is 12.6. The number of aliphatic hydroxyl groups is 1. The second-order valence-electron chi connectivity index (χ2n) is 9.31. The van der Waals surface area contributed by atoms with E-state index in [4.69, 9.17) is 9.47 Å². The van der Waals surface area contributed by atoms with Gasteiger partial charge in [0.2, 0.25) is 5.60 Å². The first-order valence-corrected chi connectivity index (χ1v) is 14.3. The number of thiophene rings is 2. The normalized spacial score (nSPS) is 17.7. The standard InChI is InChI=1S/C28H32N2O6S2/c1-30(15-14-29-26(32)19-35-22-10-6-20(18-31)7-11-22)21-8-12-23(13-9-21)36-27(33)28(34,24-4-2-16-37-24)25-5-3-17-38-25/h2-7,10-11,16-18,21,23,34H,8-9,12-15,19H2,1H3,(H,29,32)/t21-,23-. The van der Waals surface area contributed by atoms with Crippen molar-refractivity contribution in [3.63, 3.8) is 0 Å². The molecule has 1 aliphatic carbocycles. The lowest BCUT2D eigenvalue weighted by molar-refractivity contribution is -0.169. The van der Waals surface area contributed by atoms with Crippen molar-refractivity contribution in [2.24, 2.45) is 0 Å². The van der Waals surface area contributed by atoms with Gasteiger partial charge in [-0.3, -0.25) is 9.59 Å². The van der Waals surface area contributed by atoms with Crippen LogP contribution in [-0.4, -0.2) is 67.1 Å². The van der Waals surface area contributed by atoms with Gasteiger partial charge in [0.15, 0.2) is 6.61 Å². The average Bonchev–Trinajstić information content (AvgIpc) is 3.68. The molecule has 2 N–H and O–H groups in total. The highest BCUT2D eigenvalue weighted by Crippen LogP contribution is 2.38. The molecule has 3 aromatic rings. The van der Waals surface area contributed by atoms with Crippen LogP contribution in [0, 0.1) is 0 Å². The largest absolute Gasteiger partial charge is 0.484 e. The molecule has 0 radical (unpaired) electrons. The predicted molar refractivity (Wildman–Crippen MR) is 147 cm³/mol. The van der Waals surface area contributed by atoms with Crippen molar-refractivity contribution in [1.29, 1.82) is 0 Å². The Balaban J connectivity index is 1.18. The number of nitrogens with zero attached hydrogens (tertiary/aromatic N) is 1. The maximum Gasteiger partial charge on any atom is 0.349 e. The number of likely N-dealkylation sites (N-methyl/N-ethyl adjacent to an activating group) is 1. The smallest absolute Gasteiger partial charge is 0.349 e. The molecule has 38 heavy (non-hydrogen) atoms. The summed E-state index contributed by atoms with van der Waals surface area (Å²) >= 11 is 2.67. The molecule has 1 amide bonds. The van der Waals surface area contributed by atoms with E-state index in [0.717, 1.165) is 32.0 Å². The van der Waals surface area contributed by atoms with E-state index in [1.54, 1.807) is 36.4 Å². The molecule has 0 aliphatic heterocycles. The fourth-order valence-electron chi connectivity index (χ4n) is 4.53. The third kappa shape index (κ3) is 6.87. The maximum atomic E-state index is 13.2. The Morgan fingerprint density at radius 1 is 1.05 bits per heavy atom. The number of carbonyl (C=O) groups is 3. The van der Waals surface area contributed by atoms with Crippen LogP contribution in [-0.2, 0) is 19.9 Å². The molecule has 2 heterocycles. The van der Waals surface area contributed by atoms with Gasteiger partial charge in [0, 0.05) is 24.7 Å². The number of benzene rings is 1. The third-order valence-electron chi connectivity index (χ3n) is 6.76. The Morgan fingerprint density at radius 2 is 1.68 bits per heavy atom. The Kier molecular flexibility index (Phi) is 9.68. The number of rotatable bonds is 12. The molecule has 4 rings (SSSR count). The zero-order valence-electron chi connectivity index (χ0n) is 21.2. The number of hydrogen-bond acceptors (Lipinski definition) is 9. The Labute approximate surface area is 230 Å². The summed E-state index contributed by atoms with van der Waals surface area (Å²) in [7, 11) is 2.03. The summed E-state index contributed by atoms with van der Waals surface area (Å²) in [5, 5.41) is 18.0. The van der Waals surface area contributed by atoms with Crippen molar-refractivity contribution in [2.45, 2.75) is 43.4 Å². The van der Waals surface area contributed by atoms with Crippen LogP contribution in [0.3, 0.4) is 0 Å². The minimum atomic E-state index is -1.78. The van der Waals surface area contributed by atoms with Gasteiger partial charge in [-0.25, -0.2) is 4.79 Å². The molecule has 202 valence electrons. The van der Waals surface area contributed by atoms with Crippen LogP contribution < -0.4 is 10.1 Å². The molecule has 10 heteroatoms. The van der Waals surface area contributed by atoms with E-state index < -0.39 is 11.6 Å². The molecule has 1 aromatic carbocycles. The summed E-state index contributed by atoms with van der Waals surface area (Å²) in [6, 6.07) is 14.1. The lowest BCUT2D eigenvalue weighted by Crippen LogP contribution is -2.43. The van der Waals surface area contributed by atoms with E-state index >= 15 is 0 Å². The summed E-state index contributed by atoms with van der Waals surface area (Å²) in [5.74, 6) is -0.300. The van der Waals surface area contributed by atoms with E-state index in [1.165, 1.54) is 22.7 Å². The average molecular weight is 557 g/mol. The van der Waals surface area contributed by atoms with Gasteiger partial charge in [-0.1, -0.05) is 12.1 Å². The number of esters is 1. The molecule has 1 saturated carbocycles. The number of ether oxygens (including phenoxy) is 2. The van der Waals surface area contributed by atoms with Crippen LogP contribution >= 0.6 is 22.7 Å². The van der Waals surface area contributed by atoms with Crippen molar-refractivity contribution in [2.75, 3.05) is 26.7 Å². The summed E-state index contributed by atoms with van der Waals surface area (Å²) in [6.45, 7) is 1.08. The molecule has 0 bridgehead atoms. The molecule has 2 aromatic heterocycles. The van der Waals surface area contributed by atoms with E-state index in [9.17, 15) is 19.5 Å². The highest BCUT2D eigenvalue weighted by molar-refractivity contribution is 7.12. The first-order chi connectivity index (χ1) is 18.4. The lowest BCUT2D eigenvalue weighted by atomic mass is 9.91. The lowest BCUT2D eigenvalue weighted by Gasteiger charge is -2.35. The van der Waals surface area contributed by atoms with Crippen molar-refractivity contribution < 1.29 is 29.0 Å². The molecule has 0 atom stereocenters. The fourth-order valence-corrected chi connectivity index (χ4v) is 6.24. The Hall–Kier alpha value is -3.05. The third-order valence-corrected chi connectivity index (χ3v) is 8.72. The predicted octanol–water partition coefficient (Wildman–Crippen LogP) is 3.84. The fraction of sp³-hybridized carbons (Fsp3) is 0.393. The van der Waals surface area contributed by atoms with Gasteiger partial charge in [-0.05, 0) is 79.9 Å². The van der Waals surface area contributed by atoms with Gasteiger partial charge in [0.1, 0.15) is 18.1 Å². The van der Waals surface area contributed by atoms with Gasteiger partial charge >= 0.3 is 5.97 Å². The van der Waals surface area contributed by atoms with Gasteiger partial charge in [0.25, 0.3) is 5.91 Å². The topological polar surface area (TPSA) is 105 Å². The molecule has 0 spiro atoms. The Bertz CT molecular complexity index is 1140. The molecular weight excluding hydrogens is 524 g/mol. The van der Waals surface area contributed by atoms with Crippen LogP contribution in [0.2, 0.25) is 0 Å². The minimum absolute atomic E-state index is 0.0933. The molecule has 0 unspecified atom stereocenters. The zero-order valence-corrected chi connectivity index (χ0v) is 22.8. The summed E-state index contributed by atoms with van der Waals surface area (Å²) in [4.78, 5) is 39.3. The number of nitrogens with one attached hydrogen (secondary N) is 1. The molecular formula is C28H32N2O6S2. The zero-order chi connectivity index (χ0) is 27.0. The van der Waals surface area contributed by atoms with E-state index in [0.29, 0.717) is 40.2 Å². The van der Waals surface area contributed by atoms with Crippen LogP contribution in [0.1, 0.15) is 45.8 Å². The minimum Gasteiger partial charge on any atom is -0.484 e. The number of hydrogen-bond donors (Lipinski definition) is 2. The SMILES string of the molecule is CN(CCNC(=O)COc1ccc(C=O)cc1)[C@H]1CC[C@H](OC(=O)C(O)(c2cccs2)c2cccs2)CC1. The Morgan fingerprint density at radius 3 is 2.24 bits per heavy atom. The monoisotopic (exact) mass is 556 g/mol. The van der Waals surface area contributed by atoms with Crippen molar-refractivity contribution in [3.8, 4) is 5.75 Å². The van der Waals surface area contributed by atoms with Gasteiger partial charge in [-0.2, -0.15) is 0 Å². The van der Waals surface area contributed by atoms with Gasteiger partial charge in [0.05, 0.1) is 9.75 Å². The van der Waals surface area contributed by atoms with Crippen LogP contribution in [0.4, 0.5) is 0 Å². The van der Waals surface area contributed by atoms with E-state index in [1.807, 2.05) is 29.9 Å². The molecule has 1 aliphatic rings. The van der Waals surface area contributed by atoms with Crippen LogP contribution in [0.5, 0.6) is 5.75 Å². The summed E-state index contributed by atoms with van der Waals surface area (Å²) < 4.78 is 11.3. The maximum absolute atomic E-state index is 13.2. The van der Waals surface area contributed by atoms with Gasteiger partial charge in [-0.15, -0.1) is 22.7 Å². The number of carbonyl (C=O) groups excluding carboxylic acids is 3. The quantitative estimate of drug-likeness (QED) is 0.258. The molecule has 0 saturated heterocycles. The van der Waals surface area contributed by atoms with Crippen LogP contribution in [0.15, 0.2) is 59.3 Å². The second-order valence-corrected chi connectivity index (χ2v) is 11.2. The highest BCUT2D eigenvalue weighted by atomic mass is 32.1.